The van der Waals surface area contributed by atoms with Gasteiger partial charge in [0.05, 0.1) is 0 Å². The number of amides is 2. The summed E-state index contributed by atoms with van der Waals surface area (Å²) in [6, 6.07) is 0. The Labute approximate surface area is 195 Å². The average Bonchev–Trinajstić information content (AvgIpc) is 2.74. The molecule has 0 aromatic carbocycles. The van der Waals surface area contributed by atoms with Gasteiger partial charge < -0.3 is 20.0 Å². The second-order valence-corrected chi connectivity index (χ2v) is 9.57. The van der Waals surface area contributed by atoms with Gasteiger partial charge in [-0.3, -0.25) is 19.2 Å². The van der Waals surface area contributed by atoms with Crippen LogP contribution in [0.3, 0.4) is 0 Å². The van der Waals surface area contributed by atoms with Gasteiger partial charge in [-0.1, -0.05) is 6.42 Å². The highest BCUT2D eigenvalue weighted by Gasteiger charge is 2.18. The molecule has 10 nitrogen and oxygen atoms in total. The number of nitrogens with zero attached hydrogens (tertiary/aromatic N) is 2. The van der Waals surface area contributed by atoms with Crippen molar-refractivity contribution in [3.63, 3.8) is 0 Å². The molecule has 32 heavy (non-hydrogen) atoms. The van der Waals surface area contributed by atoms with E-state index in [2.05, 4.69) is 0 Å². The van der Waals surface area contributed by atoms with Gasteiger partial charge in [-0.05, 0) is 47.0 Å². The van der Waals surface area contributed by atoms with Crippen LogP contribution >= 0.6 is 0 Å². The molecule has 0 bridgehead atoms. The number of carboxylic acids is 2. The van der Waals surface area contributed by atoms with Crippen molar-refractivity contribution in [2.24, 2.45) is 0 Å². The highest BCUT2D eigenvalue weighted by Crippen LogP contribution is 2.04. The number of unbranched alkanes of at least 4 members (excludes halogenated alkanes) is 2. The van der Waals surface area contributed by atoms with Crippen LogP contribution in [0.4, 0.5) is 9.59 Å². The molecule has 0 aliphatic heterocycles. The predicted octanol–water partition coefficient (Wildman–Crippen LogP) is 2.90. The van der Waals surface area contributed by atoms with Crippen LogP contribution in [-0.4, -0.2) is 88.5 Å². The molecule has 2 N–H and O–H groups in total. The van der Waals surface area contributed by atoms with Gasteiger partial charge >= 0.3 is 22.4 Å². The first-order valence-electron chi connectivity index (χ1n) is 10.8. The van der Waals surface area contributed by atoms with Crippen LogP contribution in [0, 0.1) is 0 Å². The second kappa shape index (κ2) is 19.8. The number of carbonyl (C=O) groups is 4. The minimum absolute atomic E-state index is 0.0444. The molecule has 0 spiro atoms. The SMILES string of the molecule is CCN(CC)C(=O)S(=O)CCCC(=O)O.CCN(CC)C(=O)S(=O)CCCCCC(=O)O. The van der Waals surface area contributed by atoms with Crippen molar-refractivity contribution in [2.45, 2.75) is 66.2 Å². The maximum absolute atomic E-state index is 11.6. The maximum atomic E-state index is 11.6. The molecule has 2 amide bonds. The van der Waals surface area contributed by atoms with E-state index in [1.807, 2.05) is 27.7 Å². The summed E-state index contributed by atoms with van der Waals surface area (Å²) in [6.45, 7) is 9.53. The first-order chi connectivity index (χ1) is 15.0. The highest BCUT2D eigenvalue weighted by molar-refractivity contribution is 8.00. The van der Waals surface area contributed by atoms with Crippen LogP contribution in [0.5, 0.6) is 0 Å². The van der Waals surface area contributed by atoms with E-state index in [9.17, 15) is 27.6 Å². The minimum Gasteiger partial charge on any atom is -0.481 e. The number of rotatable bonds is 14. The number of hydrogen-bond donors (Lipinski definition) is 2. The number of hydrogen-bond acceptors (Lipinski definition) is 6. The van der Waals surface area contributed by atoms with E-state index in [1.165, 1.54) is 4.90 Å². The molecule has 12 heteroatoms. The lowest BCUT2D eigenvalue weighted by Gasteiger charge is -2.17. The lowest BCUT2D eigenvalue weighted by molar-refractivity contribution is -0.138. The van der Waals surface area contributed by atoms with Crippen LogP contribution in [0.2, 0.25) is 0 Å². The molecular formula is C20H38N2O8S2. The Morgan fingerprint density at radius 2 is 0.938 bits per heavy atom. The van der Waals surface area contributed by atoms with Crippen LogP contribution in [0.25, 0.3) is 0 Å². The van der Waals surface area contributed by atoms with Crippen molar-refractivity contribution < 1.29 is 37.8 Å². The number of aliphatic carboxylic acids is 2. The van der Waals surface area contributed by atoms with E-state index in [4.69, 9.17) is 10.2 Å². The van der Waals surface area contributed by atoms with Crippen LogP contribution in [0.15, 0.2) is 0 Å². The monoisotopic (exact) mass is 498 g/mol. The Morgan fingerprint density at radius 1 is 0.594 bits per heavy atom. The van der Waals surface area contributed by atoms with Gasteiger partial charge in [0, 0.05) is 50.5 Å². The molecule has 0 saturated heterocycles. The number of carboxylic acid groups (broad SMARTS) is 2. The van der Waals surface area contributed by atoms with Crippen molar-refractivity contribution in [2.75, 3.05) is 37.7 Å². The summed E-state index contributed by atoms with van der Waals surface area (Å²) in [4.78, 5) is 46.6. The lowest BCUT2D eigenvalue weighted by Crippen LogP contribution is -2.33. The third-order valence-corrected chi connectivity index (χ3v) is 6.99. The summed E-state index contributed by atoms with van der Waals surface area (Å²) in [5.74, 6) is -1.29. The van der Waals surface area contributed by atoms with Gasteiger partial charge in [-0.2, -0.15) is 0 Å². The maximum Gasteiger partial charge on any atom is 0.311 e. The zero-order valence-electron chi connectivity index (χ0n) is 19.5. The largest absolute Gasteiger partial charge is 0.481 e. The van der Waals surface area contributed by atoms with E-state index in [0.29, 0.717) is 51.2 Å². The van der Waals surface area contributed by atoms with Gasteiger partial charge in [0.25, 0.3) is 0 Å². The zero-order chi connectivity index (χ0) is 25.1. The third-order valence-electron chi connectivity index (χ3n) is 4.37. The minimum atomic E-state index is -1.59. The Kier molecular flexibility index (Phi) is 20.1. The molecule has 2 atom stereocenters. The van der Waals surface area contributed by atoms with Crippen molar-refractivity contribution in [3.05, 3.63) is 0 Å². The molecule has 0 aromatic rings. The molecule has 0 aliphatic carbocycles. The Morgan fingerprint density at radius 3 is 1.28 bits per heavy atom. The normalized spacial score (nSPS) is 12.1. The third kappa shape index (κ3) is 15.9. The van der Waals surface area contributed by atoms with Crippen molar-refractivity contribution in [1.29, 1.82) is 0 Å². The van der Waals surface area contributed by atoms with Crippen molar-refractivity contribution >= 4 is 44.0 Å². The van der Waals surface area contributed by atoms with E-state index < -0.39 is 38.8 Å². The van der Waals surface area contributed by atoms with E-state index in [1.54, 1.807) is 4.90 Å². The van der Waals surface area contributed by atoms with E-state index in [-0.39, 0.29) is 30.3 Å². The smallest absolute Gasteiger partial charge is 0.311 e. The summed E-state index contributed by atoms with van der Waals surface area (Å²) in [6.07, 6.45) is 2.27. The molecule has 0 fully saturated rings. The topological polar surface area (TPSA) is 149 Å². The van der Waals surface area contributed by atoms with Gasteiger partial charge in [-0.15, -0.1) is 0 Å². The molecule has 0 rings (SSSR count). The van der Waals surface area contributed by atoms with Gasteiger partial charge in [0.15, 0.2) is 0 Å². The quantitative estimate of drug-likeness (QED) is 0.347. The molecule has 0 heterocycles. The zero-order valence-corrected chi connectivity index (χ0v) is 21.2. The molecular weight excluding hydrogens is 460 g/mol. The predicted molar refractivity (Wildman–Crippen MR) is 126 cm³/mol. The van der Waals surface area contributed by atoms with Crippen LogP contribution < -0.4 is 0 Å². The van der Waals surface area contributed by atoms with Gasteiger partial charge in [-0.25, -0.2) is 8.42 Å². The van der Waals surface area contributed by atoms with Crippen molar-refractivity contribution in [3.8, 4) is 0 Å². The summed E-state index contributed by atoms with van der Waals surface area (Å²) >= 11 is 0. The lowest BCUT2D eigenvalue weighted by atomic mass is 10.2. The molecule has 0 radical (unpaired) electrons. The number of carbonyl (C=O) groups excluding carboxylic acids is 2. The highest BCUT2D eigenvalue weighted by atomic mass is 32.2. The van der Waals surface area contributed by atoms with E-state index in [0.717, 1.165) is 0 Å². The van der Waals surface area contributed by atoms with E-state index >= 15 is 0 Å². The van der Waals surface area contributed by atoms with Gasteiger partial charge in [0.1, 0.15) is 21.6 Å². The Bertz CT molecular complexity index is 635. The fraction of sp³-hybridized carbons (Fsp3) is 0.800. The summed E-state index contributed by atoms with van der Waals surface area (Å²) in [5, 5.41) is 16.1. The molecule has 2 unspecified atom stereocenters. The summed E-state index contributed by atoms with van der Waals surface area (Å²) in [5.41, 5.74) is 0. The summed E-state index contributed by atoms with van der Waals surface area (Å²) in [7, 11) is -3.06. The Hall–Kier alpha value is -1.82. The fourth-order valence-corrected chi connectivity index (χ4v) is 4.78. The summed E-state index contributed by atoms with van der Waals surface area (Å²) < 4.78 is 23.0. The average molecular weight is 499 g/mol. The van der Waals surface area contributed by atoms with Crippen molar-refractivity contribution in [1.82, 2.24) is 9.80 Å². The standard InChI is InChI=1S/C11H21NO4S.C9H17NO4S/c1-3-12(4-2)11(15)17(16)9-7-5-6-8-10(13)14;1-3-10(4-2)9(13)15(14)7-5-6-8(11)12/h3-9H2,1-2H3,(H,13,14);3-7H2,1-2H3,(H,11,12). The van der Waals surface area contributed by atoms with Crippen LogP contribution in [-0.2, 0) is 31.2 Å². The molecule has 0 aliphatic rings. The molecule has 0 saturated carbocycles. The first kappa shape index (κ1) is 32.4. The van der Waals surface area contributed by atoms with Crippen LogP contribution in [0.1, 0.15) is 66.2 Å². The fourth-order valence-electron chi connectivity index (χ4n) is 2.47. The molecule has 188 valence electrons. The first-order valence-corrected chi connectivity index (χ1v) is 13.5. The Balaban J connectivity index is 0. The molecule has 0 aromatic heterocycles. The van der Waals surface area contributed by atoms with Gasteiger partial charge in [0.2, 0.25) is 0 Å². The second-order valence-electron chi connectivity index (χ2n) is 6.68.